The van der Waals surface area contributed by atoms with Crippen LogP contribution in [0.15, 0.2) is 76.1 Å². The Morgan fingerprint density at radius 3 is 2.34 bits per heavy atom. The molecule has 0 bridgehead atoms. The largest absolute Gasteiger partial charge is 0.461 e. The zero-order valence-corrected chi connectivity index (χ0v) is 27.0. The van der Waals surface area contributed by atoms with Gasteiger partial charge in [0.1, 0.15) is 35.9 Å². The maximum atomic E-state index is 12.8. The van der Waals surface area contributed by atoms with Crippen molar-refractivity contribution in [1.29, 1.82) is 0 Å². The van der Waals surface area contributed by atoms with Crippen LogP contribution >= 0.6 is 0 Å². The number of carbonyl (C=O) groups excluding carboxylic acids is 1. The van der Waals surface area contributed by atoms with Crippen LogP contribution in [0.3, 0.4) is 0 Å². The number of ether oxygens (including phenoxy) is 1. The first-order valence-corrected chi connectivity index (χ1v) is 16.4. The number of nitrogens with one attached hydrogen (secondary N) is 1. The Morgan fingerprint density at radius 2 is 1.70 bits per heavy atom. The molecule has 0 aromatic heterocycles. The number of carbonyl (C=O) groups is 1. The van der Waals surface area contributed by atoms with Crippen LogP contribution in [0.1, 0.15) is 40.2 Å². The Hall–Kier alpha value is -3.99. The monoisotopic (exact) mass is 620 g/mol. The van der Waals surface area contributed by atoms with Gasteiger partial charge in [-0.15, -0.1) is 0 Å². The lowest BCUT2D eigenvalue weighted by Crippen LogP contribution is -2.29. The third-order valence-electron chi connectivity index (χ3n) is 7.73. The molecule has 0 amide bonds. The molecule has 0 radical (unpaired) electrons. The van der Waals surface area contributed by atoms with Crippen molar-refractivity contribution in [2.45, 2.75) is 46.1 Å². The van der Waals surface area contributed by atoms with E-state index < -0.39 is 16.1 Å². The normalized spacial score (nSPS) is 11.6. The molecular weight excluding hydrogens is 578 g/mol. The summed E-state index contributed by atoms with van der Waals surface area (Å²) in [5, 5.41) is 4.88. The average molecular weight is 621 g/mol. The Labute approximate surface area is 259 Å². The van der Waals surface area contributed by atoms with Crippen molar-refractivity contribution < 1.29 is 26.9 Å². The van der Waals surface area contributed by atoms with Gasteiger partial charge in [0.2, 0.25) is 5.36 Å². The van der Waals surface area contributed by atoms with E-state index in [1.807, 2.05) is 42.5 Å². The van der Waals surface area contributed by atoms with Gasteiger partial charge in [-0.05, 0) is 64.4 Å². The fourth-order valence-electron chi connectivity index (χ4n) is 5.40. The second kappa shape index (κ2) is 14.2. The Balaban J connectivity index is 1.88. The number of rotatable bonds is 13. The third-order valence-corrected chi connectivity index (χ3v) is 8.62. The number of benzene rings is 3. The predicted molar refractivity (Wildman–Crippen MR) is 175 cm³/mol. The van der Waals surface area contributed by atoms with Gasteiger partial charge in [0, 0.05) is 71.6 Å². The van der Waals surface area contributed by atoms with Crippen LogP contribution in [0, 0.1) is 0 Å². The van der Waals surface area contributed by atoms with E-state index in [2.05, 4.69) is 49.1 Å². The number of hydrogen-bond donors (Lipinski definition) is 2. The molecule has 1 aliphatic carbocycles. The van der Waals surface area contributed by atoms with Crippen molar-refractivity contribution in [2.75, 3.05) is 44.2 Å². The van der Waals surface area contributed by atoms with Crippen molar-refractivity contribution >= 4 is 32.7 Å². The van der Waals surface area contributed by atoms with E-state index in [4.69, 9.17) is 9.15 Å². The molecule has 10 heteroatoms. The Bertz CT molecular complexity index is 1820. The summed E-state index contributed by atoms with van der Waals surface area (Å²) in [5.41, 5.74) is 4.36. The molecule has 9 nitrogen and oxygen atoms in total. The molecule has 44 heavy (non-hydrogen) atoms. The second-order valence-electron chi connectivity index (χ2n) is 10.6. The van der Waals surface area contributed by atoms with Gasteiger partial charge in [0.25, 0.3) is 10.1 Å². The molecule has 0 unspecified atom stereocenters. The fraction of sp³-hybridized carbons (Fsp3) is 0.353. The molecule has 0 spiro atoms. The summed E-state index contributed by atoms with van der Waals surface area (Å²) in [6.07, 6.45) is 0. The van der Waals surface area contributed by atoms with Crippen LogP contribution in [-0.4, -0.2) is 58.3 Å². The van der Waals surface area contributed by atoms with Crippen molar-refractivity contribution in [3.63, 3.8) is 0 Å². The smallest absolute Gasteiger partial charge is 0.333 e. The van der Waals surface area contributed by atoms with Gasteiger partial charge >= 0.3 is 5.97 Å². The van der Waals surface area contributed by atoms with E-state index in [0.29, 0.717) is 46.7 Å². The van der Waals surface area contributed by atoms with Gasteiger partial charge in [-0.1, -0.05) is 18.7 Å². The zero-order chi connectivity index (χ0) is 32.0. The average Bonchev–Trinajstić information content (AvgIpc) is 3.00. The van der Waals surface area contributed by atoms with Crippen LogP contribution in [0.4, 0.5) is 5.69 Å². The highest BCUT2D eigenvalue weighted by atomic mass is 32.2. The van der Waals surface area contributed by atoms with Gasteiger partial charge in [0.15, 0.2) is 0 Å². The molecule has 4 rings (SSSR count). The molecule has 0 atom stereocenters. The lowest BCUT2D eigenvalue weighted by Gasteiger charge is -2.22. The van der Waals surface area contributed by atoms with E-state index in [0.717, 1.165) is 48.2 Å². The van der Waals surface area contributed by atoms with Gasteiger partial charge in [-0.25, -0.2) is 9.37 Å². The summed E-state index contributed by atoms with van der Waals surface area (Å²) in [4.78, 5) is 13.6. The summed E-state index contributed by atoms with van der Waals surface area (Å²) in [7, 11) is -4.61. The molecular formula is C34H42N3O6S+. The van der Waals surface area contributed by atoms with Crippen LogP contribution in [0.2, 0.25) is 0 Å². The van der Waals surface area contributed by atoms with E-state index in [1.165, 1.54) is 6.07 Å². The van der Waals surface area contributed by atoms with Gasteiger partial charge < -0.3 is 19.4 Å². The number of nitrogens with zero attached hydrogens (tertiary/aromatic N) is 2. The fourth-order valence-corrected chi connectivity index (χ4v) is 6.15. The van der Waals surface area contributed by atoms with Crippen LogP contribution in [-0.2, 0) is 26.2 Å². The lowest BCUT2D eigenvalue weighted by atomic mass is 9.92. The maximum absolute atomic E-state index is 12.8. The first kappa shape index (κ1) is 32.9. The van der Waals surface area contributed by atoms with Gasteiger partial charge in [0.05, 0.1) is 6.07 Å². The van der Waals surface area contributed by atoms with E-state index >= 15 is 0 Å². The molecule has 0 fully saturated rings. The highest BCUT2D eigenvalue weighted by molar-refractivity contribution is 7.86. The van der Waals surface area contributed by atoms with E-state index in [9.17, 15) is 17.8 Å². The molecule has 2 aliphatic rings. The first-order chi connectivity index (χ1) is 21.0. The summed E-state index contributed by atoms with van der Waals surface area (Å²) in [6, 6.07) is 16.9. The molecule has 1 aliphatic heterocycles. The topological polar surface area (TPSA) is 112 Å². The van der Waals surface area contributed by atoms with Crippen molar-refractivity contribution in [1.82, 2.24) is 9.89 Å². The Kier molecular flexibility index (Phi) is 10.6. The van der Waals surface area contributed by atoms with Crippen molar-refractivity contribution in [3.05, 3.63) is 77.7 Å². The molecule has 234 valence electrons. The number of fused-ring (bicyclic) bond motifs is 2. The van der Waals surface area contributed by atoms with Crippen molar-refractivity contribution in [2.24, 2.45) is 0 Å². The second-order valence-corrected chi connectivity index (χ2v) is 12.0. The molecule has 2 N–H and O–H groups in total. The number of esters is 1. The number of hydrogen-bond acceptors (Lipinski definition) is 7. The SMILES string of the molecule is C=C(C)C(=O)OCCNCc1ccc(-c2c3ccc(=[N+](CC)CC)cc-3oc3cc(N(CC)CC)ccc23)c(S(=O)(=O)O)c1. The predicted octanol–water partition coefficient (Wildman–Crippen LogP) is 5.32. The minimum atomic E-state index is -4.61. The van der Waals surface area contributed by atoms with Gasteiger partial charge in [-0.3, -0.25) is 4.55 Å². The molecule has 1 heterocycles. The molecule has 0 saturated carbocycles. The summed E-state index contributed by atoms with van der Waals surface area (Å²) < 4.78 is 49.9. The highest BCUT2D eigenvalue weighted by Crippen LogP contribution is 2.43. The first-order valence-electron chi connectivity index (χ1n) is 15.0. The van der Waals surface area contributed by atoms with Crippen LogP contribution in [0.25, 0.3) is 33.4 Å². The van der Waals surface area contributed by atoms with E-state index in [1.54, 1.807) is 13.0 Å². The molecule has 2 aromatic rings. The third kappa shape index (κ3) is 7.20. The summed E-state index contributed by atoms with van der Waals surface area (Å²) in [6.45, 7) is 17.6. The standard InChI is InChI=1S/C34H41N3O6S/c1-7-36(8-2)25-12-15-27-30(20-25)43-31-21-26(37(9-3)10-4)13-16-28(31)33(27)29-14-11-24(19-32(29)44(39,40)41)22-35-17-18-42-34(38)23(5)6/h11-16,19-21,35H,5,7-10,17-18,22H2,1-4,6H3/p+1. The minimum Gasteiger partial charge on any atom is -0.461 e. The quantitative estimate of drug-likeness (QED) is 0.0516. The molecule has 2 aromatic carbocycles. The summed E-state index contributed by atoms with van der Waals surface area (Å²) >= 11 is 0. The highest BCUT2D eigenvalue weighted by Gasteiger charge is 2.25. The van der Waals surface area contributed by atoms with Crippen LogP contribution in [0.5, 0.6) is 0 Å². The number of anilines is 1. The van der Waals surface area contributed by atoms with Crippen molar-refractivity contribution in [3.8, 4) is 22.5 Å². The van der Waals surface area contributed by atoms with E-state index in [-0.39, 0.29) is 11.5 Å². The maximum Gasteiger partial charge on any atom is 0.333 e. The lowest BCUT2D eigenvalue weighted by molar-refractivity contribution is -0.138. The van der Waals surface area contributed by atoms with Gasteiger partial charge in [-0.2, -0.15) is 8.42 Å². The summed E-state index contributed by atoms with van der Waals surface area (Å²) in [5.74, 6) is 0.150. The zero-order valence-electron chi connectivity index (χ0n) is 26.1. The molecule has 0 saturated heterocycles. The minimum absolute atomic E-state index is 0.144. The van der Waals surface area contributed by atoms with Crippen LogP contribution < -0.4 is 20.1 Å². The Morgan fingerprint density at radius 1 is 1.00 bits per heavy atom.